The lowest BCUT2D eigenvalue weighted by Crippen LogP contribution is -2.68. The van der Waals surface area contributed by atoms with Gasteiger partial charge in [0.15, 0.2) is 0 Å². The second-order valence-electron chi connectivity index (χ2n) is 9.61. The summed E-state index contributed by atoms with van der Waals surface area (Å²) in [6.45, 7) is 8.04. The molecule has 3 aromatic carbocycles. The van der Waals surface area contributed by atoms with Crippen molar-refractivity contribution in [2.45, 2.75) is 50.7 Å². The van der Waals surface area contributed by atoms with Crippen molar-refractivity contribution in [3.8, 4) is 0 Å². The number of hydrogen-bond acceptors (Lipinski definition) is 3. The van der Waals surface area contributed by atoms with E-state index in [0.29, 0.717) is 13.2 Å². The smallest absolute Gasteiger partial charge is 0.261 e. The van der Waals surface area contributed by atoms with E-state index in [-0.39, 0.29) is 23.4 Å². The summed E-state index contributed by atoms with van der Waals surface area (Å²) in [6, 6.07) is 31.9. The summed E-state index contributed by atoms with van der Waals surface area (Å²) >= 11 is 2.40. The fourth-order valence-electron chi connectivity index (χ4n) is 4.78. The maximum Gasteiger partial charge on any atom is 0.261 e. The van der Waals surface area contributed by atoms with Crippen molar-refractivity contribution in [3.05, 3.63) is 96.6 Å². The van der Waals surface area contributed by atoms with E-state index in [0.717, 1.165) is 4.43 Å². The first-order valence-corrected chi connectivity index (χ1v) is 15.0. The molecule has 0 amide bonds. The molecule has 5 heteroatoms. The summed E-state index contributed by atoms with van der Waals surface area (Å²) < 4.78 is 20.9. The van der Waals surface area contributed by atoms with Crippen molar-refractivity contribution in [1.29, 1.82) is 0 Å². The van der Waals surface area contributed by atoms with Crippen LogP contribution in [0, 0.1) is 0 Å². The van der Waals surface area contributed by atoms with Crippen molar-refractivity contribution in [2.75, 3.05) is 11.0 Å². The second kappa shape index (κ2) is 10.8. The van der Waals surface area contributed by atoms with Gasteiger partial charge in [0.2, 0.25) is 0 Å². The molecule has 0 saturated carbocycles. The van der Waals surface area contributed by atoms with Crippen LogP contribution in [0.4, 0.5) is 0 Å². The van der Waals surface area contributed by atoms with Gasteiger partial charge in [-0.3, -0.25) is 0 Å². The minimum absolute atomic E-state index is 0.0255. The third kappa shape index (κ3) is 5.27. The summed E-state index contributed by atoms with van der Waals surface area (Å²) in [7, 11) is -2.67. The lowest BCUT2D eigenvalue weighted by molar-refractivity contribution is -0.0347. The first kappa shape index (κ1) is 24.6. The fourth-order valence-corrected chi connectivity index (χ4v) is 10.2. The van der Waals surface area contributed by atoms with Crippen LogP contribution in [0.3, 0.4) is 0 Å². The molecule has 0 aliphatic carbocycles. The number of benzene rings is 3. The van der Waals surface area contributed by atoms with E-state index in [4.69, 9.17) is 13.9 Å². The van der Waals surface area contributed by atoms with Gasteiger partial charge in [0.25, 0.3) is 8.32 Å². The molecule has 3 atom stereocenters. The first-order chi connectivity index (χ1) is 16.0. The van der Waals surface area contributed by atoms with Crippen LogP contribution >= 0.6 is 22.6 Å². The standard InChI is InChI=1S/C28H33IO3Si/c1-28(2,3)33(23-15-9-5-10-16-23,24-17-11-6-12-18-24)32-26-21-30-25(19-29)27(26)31-20-22-13-7-4-8-14-22/h4-18,25-27H,19-21H2,1-3H3/t25-,26-,27+/m1/s1. The molecule has 1 saturated heterocycles. The summed E-state index contributed by atoms with van der Waals surface area (Å²) in [4.78, 5) is 0. The topological polar surface area (TPSA) is 27.7 Å². The molecule has 174 valence electrons. The van der Waals surface area contributed by atoms with Gasteiger partial charge in [-0.05, 0) is 21.0 Å². The molecule has 3 aromatic rings. The molecule has 0 bridgehead atoms. The molecule has 3 nitrogen and oxygen atoms in total. The van der Waals surface area contributed by atoms with Crippen LogP contribution in [0.1, 0.15) is 26.3 Å². The van der Waals surface area contributed by atoms with Gasteiger partial charge in [0, 0.05) is 4.43 Å². The number of rotatable bonds is 8. The Hall–Kier alpha value is -1.51. The highest BCUT2D eigenvalue weighted by molar-refractivity contribution is 14.1. The van der Waals surface area contributed by atoms with Gasteiger partial charge >= 0.3 is 0 Å². The van der Waals surface area contributed by atoms with E-state index in [1.54, 1.807) is 0 Å². The van der Waals surface area contributed by atoms with E-state index in [9.17, 15) is 0 Å². The summed E-state index contributed by atoms with van der Waals surface area (Å²) in [5.74, 6) is 0. The Balaban J connectivity index is 1.71. The maximum atomic E-state index is 7.35. The third-order valence-corrected chi connectivity index (χ3v) is 12.3. The van der Waals surface area contributed by atoms with Gasteiger partial charge in [-0.1, -0.05) is 134 Å². The third-order valence-electron chi connectivity index (χ3n) is 6.39. The molecule has 0 radical (unpaired) electrons. The number of halogens is 1. The van der Waals surface area contributed by atoms with Crippen molar-refractivity contribution >= 4 is 41.3 Å². The largest absolute Gasteiger partial charge is 0.399 e. The minimum Gasteiger partial charge on any atom is -0.399 e. The summed E-state index contributed by atoms with van der Waals surface area (Å²) in [5.41, 5.74) is 1.17. The maximum absolute atomic E-state index is 7.35. The van der Waals surface area contributed by atoms with E-state index >= 15 is 0 Å². The van der Waals surface area contributed by atoms with Crippen LogP contribution in [0.5, 0.6) is 0 Å². The molecule has 0 unspecified atom stereocenters. The Bertz CT molecular complexity index is 952. The van der Waals surface area contributed by atoms with Gasteiger partial charge in [-0.25, -0.2) is 0 Å². The molecular weight excluding hydrogens is 539 g/mol. The van der Waals surface area contributed by atoms with E-state index in [1.165, 1.54) is 15.9 Å². The molecule has 4 rings (SSSR count). The summed E-state index contributed by atoms with van der Waals surface area (Å²) in [5, 5.41) is 2.48. The Morgan fingerprint density at radius 2 is 1.36 bits per heavy atom. The molecule has 1 aliphatic rings. The predicted molar refractivity (Wildman–Crippen MR) is 146 cm³/mol. The highest BCUT2D eigenvalue weighted by Gasteiger charge is 2.54. The van der Waals surface area contributed by atoms with Crippen molar-refractivity contribution < 1.29 is 13.9 Å². The highest BCUT2D eigenvalue weighted by Crippen LogP contribution is 2.39. The predicted octanol–water partition coefficient (Wildman–Crippen LogP) is 5.35. The van der Waals surface area contributed by atoms with Crippen LogP contribution in [-0.4, -0.2) is 37.7 Å². The Morgan fingerprint density at radius 3 is 1.85 bits per heavy atom. The number of ether oxygens (including phenoxy) is 2. The van der Waals surface area contributed by atoms with E-state index in [2.05, 4.69) is 128 Å². The fraction of sp³-hybridized carbons (Fsp3) is 0.357. The molecule has 33 heavy (non-hydrogen) atoms. The molecule has 0 aromatic heterocycles. The lowest BCUT2D eigenvalue weighted by Gasteiger charge is -2.45. The second-order valence-corrected chi connectivity index (χ2v) is 14.7. The van der Waals surface area contributed by atoms with Gasteiger partial charge in [-0.15, -0.1) is 0 Å². The lowest BCUT2D eigenvalue weighted by atomic mass is 10.1. The van der Waals surface area contributed by atoms with Crippen LogP contribution in [0.25, 0.3) is 0 Å². The molecule has 1 fully saturated rings. The Morgan fingerprint density at radius 1 is 0.848 bits per heavy atom. The van der Waals surface area contributed by atoms with Gasteiger partial charge in [0.1, 0.15) is 6.10 Å². The molecule has 0 spiro atoms. The number of hydrogen-bond donors (Lipinski definition) is 0. The van der Waals surface area contributed by atoms with Crippen molar-refractivity contribution in [2.24, 2.45) is 0 Å². The number of alkyl halides is 1. The summed E-state index contributed by atoms with van der Waals surface area (Å²) in [6.07, 6.45) is -0.207. The normalized spacial score (nSPS) is 21.3. The average molecular weight is 573 g/mol. The Kier molecular flexibility index (Phi) is 8.07. The minimum atomic E-state index is -2.67. The van der Waals surface area contributed by atoms with Crippen LogP contribution in [-0.2, 0) is 20.5 Å². The van der Waals surface area contributed by atoms with Crippen molar-refractivity contribution in [3.63, 3.8) is 0 Å². The van der Waals surface area contributed by atoms with Crippen LogP contribution < -0.4 is 10.4 Å². The molecule has 1 aliphatic heterocycles. The van der Waals surface area contributed by atoms with E-state index < -0.39 is 8.32 Å². The van der Waals surface area contributed by atoms with Crippen LogP contribution in [0.2, 0.25) is 5.04 Å². The SMILES string of the molecule is CC(C)(C)[Si](O[C@@H]1CO[C@H](CI)[C@@H]1OCc1ccccc1)(c1ccccc1)c1ccccc1. The highest BCUT2D eigenvalue weighted by atomic mass is 127. The first-order valence-electron chi connectivity index (χ1n) is 11.6. The molecule has 0 N–H and O–H groups in total. The van der Waals surface area contributed by atoms with Crippen molar-refractivity contribution in [1.82, 2.24) is 0 Å². The quantitative estimate of drug-likeness (QED) is 0.207. The Labute approximate surface area is 212 Å². The van der Waals surface area contributed by atoms with E-state index in [1.807, 2.05) is 6.07 Å². The average Bonchev–Trinajstić information content (AvgIpc) is 3.23. The molecule has 1 heterocycles. The zero-order valence-corrected chi connectivity index (χ0v) is 22.8. The van der Waals surface area contributed by atoms with Gasteiger partial charge in [0.05, 0.1) is 25.4 Å². The zero-order valence-electron chi connectivity index (χ0n) is 19.6. The molecular formula is C28H33IO3Si. The van der Waals surface area contributed by atoms with Gasteiger partial charge in [-0.2, -0.15) is 0 Å². The zero-order chi connectivity index (χ0) is 23.3. The van der Waals surface area contributed by atoms with Crippen LogP contribution in [0.15, 0.2) is 91.0 Å². The monoisotopic (exact) mass is 572 g/mol. The van der Waals surface area contributed by atoms with Gasteiger partial charge < -0.3 is 13.9 Å².